The van der Waals surface area contributed by atoms with Gasteiger partial charge in [0.05, 0.1) is 5.56 Å². The predicted octanol–water partition coefficient (Wildman–Crippen LogP) is 1.29. The molecule has 0 spiro atoms. The Kier molecular flexibility index (Phi) is 2.74. The van der Waals surface area contributed by atoms with Crippen molar-refractivity contribution in [3.8, 4) is 0 Å². The summed E-state index contributed by atoms with van der Waals surface area (Å²) in [5, 5.41) is 3.19. The number of carbonyl (C=O) groups excluding carboxylic acids is 1. The molecule has 1 aromatic rings. The summed E-state index contributed by atoms with van der Waals surface area (Å²) in [5.74, 6) is -0.232. The zero-order chi connectivity index (χ0) is 13.6. The third-order valence-corrected chi connectivity index (χ3v) is 3.63. The van der Waals surface area contributed by atoms with Gasteiger partial charge in [0.25, 0.3) is 5.91 Å². The summed E-state index contributed by atoms with van der Waals surface area (Å²) in [7, 11) is 0. The van der Waals surface area contributed by atoms with Crippen LogP contribution in [0.3, 0.4) is 0 Å². The van der Waals surface area contributed by atoms with Crippen LogP contribution in [0.5, 0.6) is 0 Å². The van der Waals surface area contributed by atoms with Gasteiger partial charge in [0.15, 0.2) is 0 Å². The largest absolute Gasteiger partial charge is 0.433 e. The Morgan fingerprint density at radius 1 is 1.32 bits per heavy atom. The maximum absolute atomic E-state index is 12.4. The zero-order valence-electron chi connectivity index (χ0n) is 9.94. The molecule has 102 valence electrons. The number of fused-ring (bicyclic) bond motifs is 2. The highest BCUT2D eigenvalue weighted by molar-refractivity contribution is 5.95. The predicted molar refractivity (Wildman–Crippen MR) is 60.5 cm³/mol. The molecular weight excluding hydrogens is 259 g/mol. The highest BCUT2D eigenvalue weighted by atomic mass is 19.4. The summed E-state index contributed by atoms with van der Waals surface area (Å²) in [6.07, 6.45) is -2.50. The normalized spacial score (nSPS) is 25.9. The highest BCUT2D eigenvalue weighted by Crippen LogP contribution is 2.31. The molecule has 0 aromatic carbocycles. The summed E-state index contributed by atoms with van der Waals surface area (Å²) in [4.78, 5) is 17.2. The smallest absolute Gasteiger partial charge is 0.330 e. The van der Waals surface area contributed by atoms with Gasteiger partial charge in [-0.3, -0.25) is 9.78 Å². The molecular formula is C12H12F3N3O. The van der Waals surface area contributed by atoms with Crippen LogP contribution >= 0.6 is 0 Å². The Labute approximate surface area is 107 Å². The minimum absolute atomic E-state index is 0.161. The van der Waals surface area contributed by atoms with Crippen LogP contribution in [0.15, 0.2) is 18.3 Å². The second-order valence-corrected chi connectivity index (χ2v) is 4.84. The number of halogens is 3. The maximum atomic E-state index is 12.4. The number of carbonyl (C=O) groups is 1. The lowest BCUT2D eigenvalue weighted by Gasteiger charge is -2.53. The van der Waals surface area contributed by atoms with Gasteiger partial charge < -0.3 is 10.2 Å². The van der Waals surface area contributed by atoms with E-state index in [-0.39, 0.29) is 23.6 Å². The molecule has 19 heavy (non-hydrogen) atoms. The van der Waals surface area contributed by atoms with Crippen LogP contribution in [0.2, 0.25) is 0 Å². The standard InChI is InChI=1S/C12H12F3N3O/c13-12(14,15)10-2-1-7(4-17-10)11(19)18-8-3-9(18)6-16-5-8/h1-2,4,8-9,16H,3,5-6H2. The van der Waals surface area contributed by atoms with Crippen LogP contribution in [-0.2, 0) is 6.18 Å². The van der Waals surface area contributed by atoms with Crippen LogP contribution in [0.4, 0.5) is 13.2 Å². The van der Waals surface area contributed by atoms with E-state index in [0.29, 0.717) is 0 Å². The van der Waals surface area contributed by atoms with Crippen LogP contribution in [-0.4, -0.2) is 41.0 Å². The summed E-state index contributed by atoms with van der Waals surface area (Å²) in [6.45, 7) is 1.49. The van der Waals surface area contributed by atoms with Gasteiger partial charge in [-0.1, -0.05) is 0 Å². The van der Waals surface area contributed by atoms with E-state index in [2.05, 4.69) is 10.3 Å². The van der Waals surface area contributed by atoms with E-state index in [1.165, 1.54) is 6.07 Å². The first-order chi connectivity index (χ1) is 8.97. The monoisotopic (exact) mass is 271 g/mol. The van der Waals surface area contributed by atoms with Crippen molar-refractivity contribution in [2.45, 2.75) is 24.7 Å². The van der Waals surface area contributed by atoms with Crippen LogP contribution < -0.4 is 5.32 Å². The molecule has 2 fully saturated rings. The second kappa shape index (κ2) is 4.19. The van der Waals surface area contributed by atoms with Crippen LogP contribution in [0.1, 0.15) is 22.5 Å². The van der Waals surface area contributed by atoms with Gasteiger partial charge in [-0.15, -0.1) is 0 Å². The molecule has 2 bridgehead atoms. The van der Waals surface area contributed by atoms with Crippen LogP contribution in [0.25, 0.3) is 0 Å². The van der Waals surface area contributed by atoms with E-state index in [9.17, 15) is 18.0 Å². The van der Waals surface area contributed by atoms with Gasteiger partial charge in [0.2, 0.25) is 0 Å². The van der Waals surface area contributed by atoms with Gasteiger partial charge >= 0.3 is 6.18 Å². The molecule has 4 nitrogen and oxygen atoms in total. The number of aromatic nitrogens is 1. The number of hydrogen-bond donors (Lipinski definition) is 1. The number of piperidine rings is 1. The first kappa shape index (κ1) is 12.4. The molecule has 1 amide bonds. The number of piperazine rings is 1. The Morgan fingerprint density at radius 2 is 2.00 bits per heavy atom. The van der Waals surface area contributed by atoms with Crippen molar-refractivity contribution in [1.29, 1.82) is 0 Å². The van der Waals surface area contributed by atoms with Crippen molar-refractivity contribution in [3.05, 3.63) is 29.6 Å². The molecule has 1 aromatic heterocycles. The summed E-state index contributed by atoms with van der Waals surface area (Å²) in [5.41, 5.74) is -0.765. The lowest BCUT2D eigenvalue weighted by atomic mass is 9.88. The summed E-state index contributed by atoms with van der Waals surface area (Å²) < 4.78 is 37.1. The molecule has 0 radical (unpaired) electrons. The SMILES string of the molecule is O=C(c1ccc(C(F)(F)F)nc1)N1C2CNCC1C2. The lowest BCUT2D eigenvalue weighted by Crippen LogP contribution is -2.69. The average Bonchev–Trinajstić information content (AvgIpc) is 2.38. The number of pyridine rings is 1. The molecule has 2 aliphatic rings. The van der Waals surface area contributed by atoms with Crippen molar-refractivity contribution in [3.63, 3.8) is 0 Å². The second-order valence-electron chi connectivity index (χ2n) is 4.84. The quantitative estimate of drug-likeness (QED) is 0.837. The van der Waals surface area contributed by atoms with Gasteiger partial charge in [0.1, 0.15) is 5.69 Å². The molecule has 7 heteroatoms. The number of rotatable bonds is 1. The number of alkyl halides is 3. The number of nitrogens with zero attached hydrogens (tertiary/aromatic N) is 2. The third kappa shape index (κ3) is 2.07. The number of amides is 1. The van der Waals surface area contributed by atoms with Crippen LogP contribution in [0, 0.1) is 0 Å². The molecule has 2 atom stereocenters. The van der Waals surface area contributed by atoms with Gasteiger partial charge in [-0.05, 0) is 18.6 Å². The molecule has 1 N–H and O–H groups in total. The van der Waals surface area contributed by atoms with Crippen molar-refractivity contribution in [2.75, 3.05) is 13.1 Å². The maximum Gasteiger partial charge on any atom is 0.433 e. The Morgan fingerprint density at radius 3 is 2.47 bits per heavy atom. The van der Waals surface area contributed by atoms with E-state index in [1.54, 1.807) is 4.90 Å². The molecule has 2 saturated heterocycles. The fourth-order valence-electron chi connectivity index (χ4n) is 2.65. The fraction of sp³-hybridized carbons (Fsp3) is 0.500. The minimum atomic E-state index is -4.47. The molecule has 0 aliphatic carbocycles. The van der Waals surface area contributed by atoms with Gasteiger partial charge in [0, 0.05) is 31.4 Å². The highest BCUT2D eigenvalue weighted by Gasteiger charge is 2.44. The van der Waals surface area contributed by atoms with E-state index < -0.39 is 11.9 Å². The lowest BCUT2D eigenvalue weighted by molar-refractivity contribution is -0.141. The van der Waals surface area contributed by atoms with Crippen molar-refractivity contribution in [1.82, 2.24) is 15.2 Å². The van der Waals surface area contributed by atoms with Gasteiger partial charge in [-0.25, -0.2) is 0 Å². The zero-order valence-corrected chi connectivity index (χ0v) is 9.94. The summed E-state index contributed by atoms with van der Waals surface area (Å²) in [6, 6.07) is 2.36. The van der Waals surface area contributed by atoms with Gasteiger partial charge in [-0.2, -0.15) is 13.2 Å². The van der Waals surface area contributed by atoms with E-state index in [1.807, 2.05) is 0 Å². The Hall–Kier alpha value is -1.63. The fourth-order valence-corrected chi connectivity index (χ4v) is 2.65. The average molecular weight is 271 g/mol. The molecule has 2 aliphatic heterocycles. The minimum Gasteiger partial charge on any atom is -0.330 e. The first-order valence-corrected chi connectivity index (χ1v) is 6.03. The third-order valence-electron chi connectivity index (χ3n) is 3.63. The molecule has 0 saturated carbocycles. The number of hydrogen-bond acceptors (Lipinski definition) is 3. The Bertz CT molecular complexity index is 486. The van der Waals surface area contributed by atoms with E-state index >= 15 is 0 Å². The number of nitrogens with one attached hydrogen (secondary N) is 1. The topological polar surface area (TPSA) is 45.2 Å². The molecule has 3 rings (SSSR count). The van der Waals surface area contributed by atoms with E-state index in [0.717, 1.165) is 31.8 Å². The van der Waals surface area contributed by atoms with Crippen molar-refractivity contribution < 1.29 is 18.0 Å². The molecule has 3 heterocycles. The van der Waals surface area contributed by atoms with Crippen molar-refractivity contribution >= 4 is 5.91 Å². The molecule has 2 unspecified atom stereocenters. The van der Waals surface area contributed by atoms with E-state index in [4.69, 9.17) is 0 Å². The first-order valence-electron chi connectivity index (χ1n) is 6.03. The van der Waals surface area contributed by atoms with Crippen molar-refractivity contribution in [2.24, 2.45) is 0 Å². The Balaban J connectivity index is 1.77. The summed E-state index contributed by atoms with van der Waals surface area (Å²) >= 11 is 0.